The second-order valence-corrected chi connectivity index (χ2v) is 5.45. The number of likely N-dealkylation sites (tertiary alicyclic amines) is 1. The van der Waals surface area contributed by atoms with Gasteiger partial charge in [0.05, 0.1) is 5.02 Å². The van der Waals surface area contributed by atoms with Crippen LogP contribution in [0.15, 0.2) is 6.07 Å². The first-order valence-electron chi connectivity index (χ1n) is 6.09. The van der Waals surface area contributed by atoms with Gasteiger partial charge in [-0.1, -0.05) is 23.2 Å². The van der Waals surface area contributed by atoms with Gasteiger partial charge in [-0.2, -0.15) is 0 Å². The Hall–Kier alpha value is -0.710. The number of amides is 1. The average Bonchev–Trinajstić information content (AvgIpc) is 2.69. The molecule has 1 aromatic heterocycles. The number of hydrogen-bond donors (Lipinski definition) is 2. The van der Waals surface area contributed by atoms with Crippen molar-refractivity contribution >= 4 is 29.1 Å². The van der Waals surface area contributed by atoms with Crippen molar-refractivity contribution in [3.05, 3.63) is 21.9 Å². The minimum absolute atomic E-state index is 0.0235. The molecule has 1 saturated heterocycles. The van der Waals surface area contributed by atoms with Crippen LogP contribution in [0, 0.1) is 5.92 Å². The second-order valence-electron chi connectivity index (χ2n) is 4.66. The molecule has 2 rings (SSSR count). The highest BCUT2D eigenvalue weighted by atomic mass is 35.5. The molecule has 1 aromatic rings. The number of aromatic amines is 1. The van der Waals surface area contributed by atoms with Crippen LogP contribution < -0.4 is 5.32 Å². The third kappa shape index (κ3) is 2.99. The minimum Gasteiger partial charge on any atom is -0.340 e. The normalized spacial score (nSPS) is 20.2. The number of carbonyl (C=O) groups is 1. The van der Waals surface area contributed by atoms with E-state index in [-0.39, 0.29) is 5.91 Å². The molecule has 0 aliphatic carbocycles. The summed E-state index contributed by atoms with van der Waals surface area (Å²) in [5.41, 5.74) is 0.468. The van der Waals surface area contributed by atoms with Gasteiger partial charge in [-0.15, -0.1) is 0 Å². The Kier molecular flexibility index (Phi) is 4.54. The van der Waals surface area contributed by atoms with E-state index in [1.807, 2.05) is 11.9 Å². The number of rotatable bonds is 3. The van der Waals surface area contributed by atoms with Crippen molar-refractivity contribution in [2.45, 2.75) is 12.8 Å². The van der Waals surface area contributed by atoms with Gasteiger partial charge in [0.1, 0.15) is 10.8 Å². The van der Waals surface area contributed by atoms with Crippen LogP contribution in [0.25, 0.3) is 0 Å². The van der Waals surface area contributed by atoms with Gasteiger partial charge < -0.3 is 15.2 Å². The first-order chi connectivity index (χ1) is 8.61. The van der Waals surface area contributed by atoms with Crippen molar-refractivity contribution in [3.8, 4) is 0 Å². The summed E-state index contributed by atoms with van der Waals surface area (Å²) in [5.74, 6) is 0.498. The van der Waals surface area contributed by atoms with Crippen LogP contribution in [0.2, 0.25) is 10.2 Å². The highest BCUT2D eigenvalue weighted by Crippen LogP contribution is 2.24. The number of piperidine rings is 1. The summed E-state index contributed by atoms with van der Waals surface area (Å²) in [6, 6.07) is 1.59. The van der Waals surface area contributed by atoms with Crippen molar-refractivity contribution in [1.29, 1.82) is 0 Å². The molecular weight excluding hydrogens is 273 g/mol. The Bertz CT molecular complexity index is 411. The van der Waals surface area contributed by atoms with Gasteiger partial charge >= 0.3 is 0 Å². The lowest BCUT2D eigenvalue weighted by Gasteiger charge is -2.32. The van der Waals surface area contributed by atoms with E-state index in [0.717, 1.165) is 32.5 Å². The maximum atomic E-state index is 12.3. The molecule has 1 aliphatic heterocycles. The molecule has 0 radical (unpaired) electrons. The third-order valence-corrected chi connectivity index (χ3v) is 3.95. The number of hydrogen-bond acceptors (Lipinski definition) is 2. The standard InChI is InChI=1S/C12H17Cl2N3O/c1-15-6-8-3-2-4-17(7-8)12(18)10-5-9(13)11(14)16-10/h5,8,15-16H,2-4,6-7H2,1H3. The summed E-state index contributed by atoms with van der Waals surface area (Å²) in [6.45, 7) is 2.53. The first-order valence-corrected chi connectivity index (χ1v) is 6.85. The molecule has 0 aromatic carbocycles. The average molecular weight is 290 g/mol. The number of nitrogens with one attached hydrogen (secondary N) is 2. The van der Waals surface area contributed by atoms with E-state index in [9.17, 15) is 4.79 Å². The Morgan fingerprint density at radius 1 is 1.61 bits per heavy atom. The molecule has 0 saturated carbocycles. The lowest BCUT2D eigenvalue weighted by molar-refractivity contribution is 0.0669. The monoisotopic (exact) mass is 289 g/mol. The van der Waals surface area contributed by atoms with E-state index >= 15 is 0 Å². The van der Waals surface area contributed by atoms with Crippen LogP contribution in [0.3, 0.4) is 0 Å². The van der Waals surface area contributed by atoms with E-state index in [1.165, 1.54) is 0 Å². The van der Waals surface area contributed by atoms with E-state index in [2.05, 4.69) is 10.3 Å². The molecule has 2 N–H and O–H groups in total. The molecule has 1 fully saturated rings. The van der Waals surface area contributed by atoms with E-state index in [4.69, 9.17) is 23.2 Å². The molecule has 1 aliphatic rings. The summed E-state index contributed by atoms with van der Waals surface area (Å²) in [4.78, 5) is 17.0. The van der Waals surface area contributed by atoms with Gasteiger partial charge in [0.15, 0.2) is 0 Å². The summed E-state index contributed by atoms with van der Waals surface area (Å²) < 4.78 is 0. The smallest absolute Gasteiger partial charge is 0.270 e. The van der Waals surface area contributed by atoms with Gasteiger partial charge in [0, 0.05) is 13.1 Å². The lowest BCUT2D eigenvalue weighted by Crippen LogP contribution is -2.42. The van der Waals surface area contributed by atoms with Gasteiger partial charge in [-0.3, -0.25) is 4.79 Å². The summed E-state index contributed by atoms with van der Waals surface area (Å²) in [6.07, 6.45) is 2.21. The number of halogens is 2. The molecule has 1 amide bonds. The van der Waals surface area contributed by atoms with Crippen LogP contribution >= 0.6 is 23.2 Å². The molecule has 4 nitrogen and oxygen atoms in total. The van der Waals surface area contributed by atoms with Crippen LogP contribution in [0.4, 0.5) is 0 Å². The first kappa shape index (κ1) is 13.7. The molecule has 0 bridgehead atoms. The van der Waals surface area contributed by atoms with Crippen LogP contribution in [0.1, 0.15) is 23.3 Å². The Morgan fingerprint density at radius 3 is 3.00 bits per heavy atom. The number of aromatic nitrogens is 1. The SMILES string of the molecule is CNCC1CCCN(C(=O)c2cc(Cl)c(Cl)[nH]2)C1. The Balaban J connectivity index is 2.04. The number of carbonyl (C=O) groups excluding carboxylic acids is 1. The van der Waals surface area contributed by atoms with Crippen LogP contribution in [-0.4, -0.2) is 42.5 Å². The van der Waals surface area contributed by atoms with Crippen LogP contribution in [0.5, 0.6) is 0 Å². The molecule has 1 atom stereocenters. The maximum Gasteiger partial charge on any atom is 0.270 e. The van der Waals surface area contributed by atoms with E-state index < -0.39 is 0 Å². The van der Waals surface area contributed by atoms with Crippen molar-refractivity contribution in [2.75, 3.05) is 26.7 Å². The zero-order valence-electron chi connectivity index (χ0n) is 10.3. The minimum atomic E-state index is -0.0235. The fraction of sp³-hybridized carbons (Fsp3) is 0.583. The second kappa shape index (κ2) is 5.95. The maximum absolute atomic E-state index is 12.3. The molecule has 2 heterocycles. The zero-order valence-corrected chi connectivity index (χ0v) is 11.8. The Morgan fingerprint density at radius 2 is 2.39 bits per heavy atom. The lowest BCUT2D eigenvalue weighted by atomic mass is 9.98. The summed E-state index contributed by atoms with van der Waals surface area (Å²) >= 11 is 11.7. The van der Waals surface area contributed by atoms with Gasteiger partial charge in [-0.05, 0) is 38.4 Å². The van der Waals surface area contributed by atoms with Crippen molar-refractivity contribution in [1.82, 2.24) is 15.2 Å². The zero-order chi connectivity index (χ0) is 13.1. The predicted molar refractivity (Wildman–Crippen MR) is 73.4 cm³/mol. The highest BCUT2D eigenvalue weighted by molar-refractivity contribution is 6.41. The molecule has 6 heteroatoms. The van der Waals surface area contributed by atoms with Gasteiger partial charge in [0.25, 0.3) is 5.91 Å². The number of H-pyrrole nitrogens is 1. The molecule has 0 spiro atoms. The fourth-order valence-electron chi connectivity index (χ4n) is 2.39. The molecule has 18 heavy (non-hydrogen) atoms. The molecule has 1 unspecified atom stereocenters. The van der Waals surface area contributed by atoms with E-state index in [1.54, 1.807) is 6.07 Å². The quantitative estimate of drug-likeness (QED) is 0.898. The van der Waals surface area contributed by atoms with Crippen molar-refractivity contribution in [3.63, 3.8) is 0 Å². The summed E-state index contributed by atoms with van der Waals surface area (Å²) in [5, 5.41) is 3.88. The topological polar surface area (TPSA) is 48.1 Å². The van der Waals surface area contributed by atoms with Crippen molar-refractivity contribution in [2.24, 2.45) is 5.92 Å². The third-order valence-electron chi connectivity index (χ3n) is 3.25. The molecular formula is C12H17Cl2N3O. The summed E-state index contributed by atoms with van der Waals surface area (Å²) in [7, 11) is 1.94. The fourth-order valence-corrected chi connectivity index (χ4v) is 2.71. The highest BCUT2D eigenvalue weighted by Gasteiger charge is 2.25. The predicted octanol–water partition coefficient (Wildman–Crippen LogP) is 2.39. The van der Waals surface area contributed by atoms with Crippen LogP contribution in [-0.2, 0) is 0 Å². The molecule has 100 valence electrons. The number of nitrogens with zero attached hydrogens (tertiary/aromatic N) is 1. The Labute approximate surface area is 117 Å². The van der Waals surface area contributed by atoms with Gasteiger partial charge in [0.2, 0.25) is 0 Å². The van der Waals surface area contributed by atoms with E-state index in [0.29, 0.717) is 21.8 Å². The largest absolute Gasteiger partial charge is 0.340 e. The van der Waals surface area contributed by atoms with Crippen molar-refractivity contribution < 1.29 is 4.79 Å². The van der Waals surface area contributed by atoms with Gasteiger partial charge in [-0.25, -0.2) is 0 Å².